The normalized spacial score (nSPS) is 10.5. The quantitative estimate of drug-likeness (QED) is 0.483. The summed E-state index contributed by atoms with van der Waals surface area (Å²) < 4.78 is 0. The Kier molecular flexibility index (Phi) is 6.39. The Morgan fingerprint density at radius 1 is 1.00 bits per heavy atom. The van der Waals surface area contributed by atoms with E-state index in [0.717, 1.165) is 11.1 Å². The van der Waals surface area contributed by atoms with Gasteiger partial charge in [0.05, 0.1) is 0 Å². The Bertz CT molecular complexity index is 698. The van der Waals surface area contributed by atoms with Gasteiger partial charge in [-0.2, -0.15) is 15.0 Å². The summed E-state index contributed by atoms with van der Waals surface area (Å²) in [6.07, 6.45) is 0. The molecule has 108 valence electrons. The largest absolute Gasteiger partial charge is 2.00 e. The fraction of sp³-hybridized carbons (Fsp3) is 0.188. The topological polar surface area (TPSA) is 43.6 Å². The second-order valence-corrected chi connectivity index (χ2v) is 5.10. The van der Waals surface area contributed by atoms with E-state index in [0.29, 0.717) is 5.82 Å². The number of benzene rings is 2. The second kappa shape index (κ2) is 7.62. The molecule has 0 radical (unpaired) electrons. The van der Waals surface area contributed by atoms with Gasteiger partial charge in [-0.3, -0.25) is 0 Å². The van der Waals surface area contributed by atoms with E-state index < -0.39 is 0 Å². The summed E-state index contributed by atoms with van der Waals surface area (Å²) >= 11 is 0. The third-order valence-electron chi connectivity index (χ3n) is 3.34. The SMILES string of the molecule is CC(C)(c1ccccc1)n1nnc(-c2[c-]cccc2)n1.[Cl-].[Zn+2]. The summed E-state index contributed by atoms with van der Waals surface area (Å²) in [5.41, 5.74) is 1.64. The molecule has 0 atom stereocenters. The van der Waals surface area contributed by atoms with E-state index in [1.165, 1.54) is 0 Å². The Balaban J connectivity index is 0.00000121. The van der Waals surface area contributed by atoms with Crippen LogP contribution in [0, 0.1) is 6.07 Å². The Morgan fingerprint density at radius 3 is 2.32 bits per heavy atom. The number of hydrogen-bond donors (Lipinski definition) is 0. The van der Waals surface area contributed by atoms with E-state index in [9.17, 15) is 0 Å². The maximum atomic E-state index is 4.49. The molecule has 0 aliphatic heterocycles. The van der Waals surface area contributed by atoms with Gasteiger partial charge < -0.3 is 12.4 Å². The summed E-state index contributed by atoms with van der Waals surface area (Å²) in [6.45, 7) is 4.14. The van der Waals surface area contributed by atoms with Gasteiger partial charge >= 0.3 is 19.5 Å². The van der Waals surface area contributed by atoms with Crippen LogP contribution in [0.4, 0.5) is 0 Å². The van der Waals surface area contributed by atoms with Crippen molar-refractivity contribution in [2.45, 2.75) is 19.4 Å². The van der Waals surface area contributed by atoms with Gasteiger partial charge in [0, 0.05) is 0 Å². The van der Waals surface area contributed by atoms with Crippen LogP contribution in [0.25, 0.3) is 11.4 Å². The molecule has 4 nitrogen and oxygen atoms in total. The van der Waals surface area contributed by atoms with Crippen molar-refractivity contribution in [1.82, 2.24) is 20.2 Å². The first-order valence-electron chi connectivity index (χ1n) is 6.51. The molecule has 3 rings (SSSR count). The third kappa shape index (κ3) is 3.60. The molecule has 0 aliphatic carbocycles. The van der Waals surface area contributed by atoms with E-state index in [2.05, 4.69) is 47.5 Å². The standard InChI is InChI=1S/C16H15N4.ClH.Zn/c1-16(2,14-11-7-4-8-12-14)20-18-15(17-19-20)13-9-5-3-6-10-13;;/h3-9,11-12H,1-2H3;1H;/q-1;;+2/p-1. The molecule has 0 spiro atoms. The molecule has 0 amide bonds. The summed E-state index contributed by atoms with van der Waals surface area (Å²) in [6, 6.07) is 20.9. The molecule has 0 N–H and O–H groups in total. The molecule has 0 fully saturated rings. The van der Waals surface area contributed by atoms with Gasteiger partial charge in [0.1, 0.15) is 11.4 Å². The summed E-state index contributed by atoms with van der Waals surface area (Å²) in [5, 5.41) is 12.8. The zero-order valence-corrected chi connectivity index (χ0v) is 16.3. The predicted octanol–water partition coefficient (Wildman–Crippen LogP) is -0.0748. The second-order valence-electron chi connectivity index (χ2n) is 5.10. The summed E-state index contributed by atoms with van der Waals surface area (Å²) in [7, 11) is 0. The number of hydrogen-bond acceptors (Lipinski definition) is 3. The van der Waals surface area contributed by atoms with Crippen LogP contribution in [0.1, 0.15) is 19.4 Å². The first-order chi connectivity index (χ1) is 9.68. The molecular formula is C16H15ClN4Zn. The third-order valence-corrected chi connectivity index (χ3v) is 3.34. The van der Waals surface area contributed by atoms with Gasteiger partial charge in [0.25, 0.3) is 0 Å². The first kappa shape index (κ1) is 18.5. The van der Waals surface area contributed by atoms with E-state index >= 15 is 0 Å². The minimum atomic E-state index is -0.346. The molecule has 0 unspecified atom stereocenters. The molecule has 1 aromatic heterocycles. The van der Waals surface area contributed by atoms with Crippen LogP contribution in [-0.4, -0.2) is 20.2 Å². The average Bonchev–Trinajstić information content (AvgIpc) is 3.00. The number of aromatic nitrogens is 4. The number of halogens is 1. The van der Waals surface area contributed by atoms with Crippen molar-refractivity contribution in [3.05, 3.63) is 66.2 Å². The number of tetrazole rings is 1. The van der Waals surface area contributed by atoms with Crippen LogP contribution in [-0.2, 0) is 25.0 Å². The minimum Gasteiger partial charge on any atom is -1.00 e. The molecule has 6 heteroatoms. The van der Waals surface area contributed by atoms with Gasteiger partial charge in [0.15, 0.2) is 0 Å². The van der Waals surface area contributed by atoms with E-state index in [1.54, 1.807) is 4.80 Å². The maximum Gasteiger partial charge on any atom is 2.00 e. The van der Waals surface area contributed by atoms with Crippen LogP contribution >= 0.6 is 0 Å². The van der Waals surface area contributed by atoms with E-state index in [4.69, 9.17) is 0 Å². The smallest absolute Gasteiger partial charge is 1.00 e. The minimum absolute atomic E-state index is 0. The van der Waals surface area contributed by atoms with Crippen molar-refractivity contribution in [1.29, 1.82) is 0 Å². The number of nitrogens with zero attached hydrogens (tertiary/aromatic N) is 4. The Hall–Kier alpha value is -1.58. The van der Waals surface area contributed by atoms with Crippen LogP contribution in [0.5, 0.6) is 0 Å². The van der Waals surface area contributed by atoms with Crippen LogP contribution < -0.4 is 12.4 Å². The van der Waals surface area contributed by atoms with Crippen LogP contribution in [0.15, 0.2) is 54.6 Å². The summed E-state index contributed by atoms with van der Waals surface area (Å²) in [5.74, 6) is 0.592. The Labute approximate surface area is 149 Å². The molecule has 0 saturated carbocycles. The fourth-order valence-electron chi connectivity index (χ4n) is 2.05. The predicted molar refractivity (Wildman–Crippen MR) is 77.0 cm³/mol. The van der Waals surface area contributed by atoms with Crippen molar-refractivity contribution in [2.24, 2.45) is 0 Å². The molecule has 1 heterocycles. The zero-order valence-electron chi connectivity index (χ0n) is 12.6. The molecule has 22 heavy (non-hydrogen) atoms. The van der Waals surface area contributed by atoms with Gasteiger partial charge in [0.2, 0.25) is 0 Å². The molecular weight excluding hydrogens is 349 g/mol. The van der Waals surface area contributed by atoms with Gasteiger partial charge in [-0.15, -0.1) is 35.9 Å². The van der Waals surface area contributed by atoms with Gasteiger partial charge in [-0.05, 0) is 19.4 Å². The fourth-order valence-corrected chi connectivity index (χ4v) is 2.05. The maximum absolute atomic E-state index is 4.49. The Morgan fingerprint density at radius 2 is 1.68 bits per heavy atom. The van der Waals surface area contributed by atoms with E-state index in [1.807, 2.05) is 42.5 Å². The van der Waals surface area contributed by atoms with Crippen molar-refractivity contribution in [3.63, 3.8) is 0 Å². The van der Waals surface area contributed by atoms with Crippen molar-refractivity contribution in [3.8, 4) is 11.4 Å². The van der Waals surface area contributed by atoms with E-state index in [-0.39, 0.29) is 37.4 Å². The average molecular weight is 364 g/mol. The van der Waals surface area contributed by atoms with Crippen LogP contribution in [0.3, 0.4) is 0 Å². The molecule has 0 aliphatic rings. The van der Waals surface area contributed by atoms with Gasteiger partial charge in [-0.1, -0.05) is 35.5 Å². The molecule has 3 aromatic rings. The summed E-state index contributed by atoms with van der Waals surface area (Å²) in [4.78, 5) is 1.65. The van der Waals surface area contributed by atoms with Gasteiger partial charge in [-0.25, -0.2) is 0 Å². The molecule has 0 bridgehead atoms. The van der Waals surface area contributed by atoms with Crippen molar-refractivity contribution >= 4 is 0 Å². The van der Waals surface area contributed by atoms with Crippen molar-refractivity contribution in [2.75, 3.05) is 0 Å². The first-order valence-corrected chi connectivity index (χ1v) is 6.51. The molecule has 0 saturated heterocycles. The monoisotopic (exact) mass is 362 g/mol. The zero-order chi connectivity index (χ0) is 14.0. The number of rotatable bonds is 3. The molecule has 2 aromatic carbocycles. The van der Waals surface area contributed by atoms with Crippen LogP contribution in [0.2, 0.25) is 0 Å². The van der Waals surface area contributed by atoms with Crippen molar-refractivity contribution < 1.29 is 31.9 Å².